The lowest BCUT2D eigenvalue weighted by Gasteiger charge is -2.02. The molecule has 0 unspecified atom stereocenters. The van der Waals surface area contributed by atoms with Crippen molar-refractivity contribution < 1.29 is 4.74 Å². The molecular weight excluding hydrogens is 260 g/mol. The van der Waals surface area contributed by atoms with Gasteiger partial charge in [-0.2, -0.15) is 5.26 Å². The Kier molecular flexibility index (Phi) is 3.44. The van der Waals surface area contributed by atoms with Gasteiger partial charge in [-0.25, -0.2) is 0 Å². The zero-order valence-electron chi connectivity index (χ0n) is 11.6. The second kappa shape index (κ2) is 5.56. The molecule has 0 saturated carbocycles. The number of nitrogens with zero attached hydrogens (tertiary/aromatic N) is 1. The van der Waals surface area contributed by atoms with Crippen LogP contribution in [0.4, 0.5) is 0 Å². The number of ether oxygens (including phenoxy) is 1. The summed E-state index contributed by atoms with van der Waals surface area (Å²) in [4.78, 5) is 3.34. The summed E-state index contributed by atoms with van der Waals surface area (Å²) < 4.78 is 5.16. The molecule has 3 aromatic rings. The zero-order chi connectivity index (χ0) is 14.7. The van der Waals surface area contributed by atoms with Crippen molar-refractivity contribution in [2.75, 3.05) is 7.11 Å². The summed E-state index contributed by atoms with van der Waals surface area (Å²) in [6.45, 7) is 0. The van der Waals surface area contributed by atoms with Gasteiger partial charge in [0.15, 0.2) is 0 Å². The van der Waals surface area contributed by atoms with Gasteiger partial charge in [-0.3, -0.25) is 0 Å². The molecule has 3 heteroatoms. The first-order valence-electron chi connectivity index (χ1n) is 6.65. The number of H-pyrrole nitrogens is 1. The Morgan fingerprint density at radius 3 is 2.29 bits per heavy atom. The lowest BCUT2D eigenvalue weighted by Crippen LogP contribution is -1.84. The highest BCUT2D eigenvalue weighted by Crippen LogP contribution is 2.29. The van der Waals surface area contributed by atoms with Crippen molar-refractivity contribution in [1.82, 2.24) is 4.98 Å². The van der Waals surface area contributed by atoms with E-state index in [1.54, 1.807) is 7.11 Å². The molecule has 0 bridgehead atoms. The van der Waals surface area contributed by atoms with E-state index in [0.29, 0.717) is 5.56 Å². The van der Waals surface area contributed by atoms with E-state index in [-0.39, 0.29) is 0 Å². The molecule has 0 radical (unpaired) electrons. The van der Waals surface area contributed by atoms with E-state index >= 15 is 0 Å². The number of nitriles is 1. The van der Waals surface area contributed by atoms with E-state index < -0.39 is 0 Å². The minimum Gasteiger partial charge on any atom is -0.497 e. The molecule has 0 saturated heterocycles. The second-order valence-corrected chi connectivity index (χ2v) is 4.68. The number of methoxy groups -OCH3 is 1. The van der Waals surface area contributed by atoms with E-state index in [2.05, 4.69) is 11.1 Å². The average Bonchev–Trinajstić information content (AvgIpc) is 3.00. The predicted molar refractivity (Wildman–Crippen MR) is 82.9 cm³/mol. The van der Waals surface area contributed by atoms with Gasteiger partial charge in [0.1, 0.15) is 11.8 Å². The van der Waals surface area contributed by atoms with Gasteiger partial charge in [-0.1, -0.05) is 30.3 Å². The van der Waals surface area contributed by atoms with Crippen molar-refractivity contribution in [1.29, 1.82) is 5.26 Å². The van der Waals surface area contributed by atoms with Crippen molar-refractivity contribution in [3.05, 3.63) is 66.2 Å². The number of nitrogens with one attached hydrogen (secondary N) is 1. The van der Waals surface area contributed by atoms with Crippen molar-refractivity contribution in [3.8, 4) is 34.3 Å². The van der Waals surface area contributed by atoms with Crippen LogP contribution in [0.3, 0.4) is 0 Å². The number of rotatable bonds is 3. The van der Waals surface area contributed by atoms with Crippen LogP contribution in [-0.4, -0.2) is 12.1 Å². The Labute approximate surface area is 123 Å². The van der Waals surface area contributed by atoms with Gasteiger partial charge < -0.3 is 9.72 Å². The zero-order valence-corrected chi connectivity index (χ0v) is 11.6. The van der Waals surface area contributed by atoms with Gasteiger partial charge in [0, 0.05) is 5.69 Å². The Bertz CT molecular complexity index is 780. The molecule has 0 aliphatic rings. The number of benzene rings is 2. The molecule has 0 spiro atoms. The van der Waals surface area contributed by atoms with Gasteiger partial charge in [0.2, 0.25) is 0 Å². The van der Waals surface area contributed by atoms with Crippen LogP contribution in [-0.2, 0) is 0 Å². The van der Waals surface area contributed by atoms with Crippen LogP contribution < -0.4 is 4.74 Å². The fourth-order valence-corrected chi connectivity index (χ4v) is 2.30. The number of hydrogen-bond donors (Lipinski definition) is 1. The smallest absolute Gasteiger partial charge is 0.118 e. The Morgan fingerprint density at radius 1 is 0.952 bits per heavy atom. The molecule has 1 heterocycles. The summed E-state index contributed by atoms with van der Waals surface area (Å²) in [6.07, 6.45) is 0. The standard InChI is InChI=1S/C18H14N2O/c1-21-16-9-7-14(8-10-16)18-15(12-19)11-17(20-18)13-5-3-2-4-6-13/h2-11,20H,1H3. The molecule has 1 N–H and O–H groups in total. The molecule has 0 atom stereocenters. The Morgan fingerprint density at radius 2 is 1.67 bits per heavy atom. The molecule has 0 amide bonds. The second-order valence-electron chi connectivity index (χ2n) is 4.68. The first-order valence-corrected chi connectivity index (χ1v) is 6.65. The van der Waals surface area contributed by atoms with E-state index in [9.17, 15) is 5.26 Å². The maximum atomic E-state index is 9.35. The van der Waals surface area contributed by atoms with E-state index in [0.717, 1.165) is 28.3 Å². The topological polar surface area (TPSA) is 48.8 Å². The van der Waals surface area contributed by atoms with Gasteiger partial charge in [-0.05, 0) is 41.5 Å². The SMILES string of the molecule is COc1ccc(-c2[nH]c(-c3ccccc3)cc2C#N)cc1. The van der Waals surface area contributed by atoms with Crippen molar-refractivity contribution >= 4 is 0 Å². The van der Waals surface area contributed by atoms with Crippen LogP contribution >= 0.6 is 0 Å². The summed E-state index contributed by atoms with van der Waals surface area (Å²) >= 11 is 0. The highest BCUT2D eigenvalue weighted by molar-refractivity contribution is 5.74. The fourth-order valence-electron chi connectivity index (χ4n) is 2.30. The quantitative estimate of drug-likeness (QED) is 0.777. The third-order valence-electron chi connectivity index (χ3n) is 3.40. The monoisotopic (exact) mass is 274 g/mol. The summed E-state index contributed by atoms with van der Waals surface area (Å²) in [5, 5.41) is 9.35. The summed E-state index contributed by atoms with van der Waals surface area (Å²) in [5.41, 5.74) is 4.44. The van der Waals surface area contributed by atoms with Crippen LogP contribution in [0.5, 0.6) is 5.75 Å². The van der Waals surface area contributed by atoms with Gasteiger partial charge in [0.25, 0.3) is 0 Å². The molecule has 0 aliphatic carbocycles. The maximum Gasteiger partial charge on any atom is 0.118 e. The fraction of sp³-hybridized carbons (Fsp3) is 0.0556. The highest BCUT2D eigenvalue weighted by Gasteiger charge is 2.11. The maximum absolute atomic E-state index is 9.35. The number of aromatic nitrogens is 1. The van der Waals surface area contributed by atoms with Crippen LogP contribution in [0.15, 0.2) is 60.7 Å². The molecule has 3 rings (SSSR count). The van der Waals surface area contributed by atoms with Crippen LogP contribution in [0.1, 0.15) is 5.56 Å². The van der Waals surface area contributed by atoms with Gasteiger partial charge in [0.05, 0.1) is 18.4 Å². The first kappa shape index (κ1) is 13.0. The van der Waals surface area contributed by atoms with E-state index in [4.69, 9.17) is 4.74 Å². The summed E-state index contributed by atoms with van der Waals surface area (Å²) in [5.74, 6) is 0.798. The molecule has 0 fully saturated rings. The van der Waals surface area contributed by atoms with Gasteiger partial charge >= 0.3 is 0 Å². The first-order chi connectivity index (χ1) is 10.3. The number of aromatic amines is 1. The van der Waals surface area contributed by atoms with E-state index in [1.165, 1.54) is 0 Å². The van der Waals surface area contributed by atoms with Crippen LogP contribution in [0, 0.1) is 11.3 Å². The highest BCUT2D eigenvalue weighted by atomic mass is 16.5. The van der Waals surface area contributed by atoms with Crippen LogP contribution in [0.25, 0.3) is 22.5 Å². The Balaban J connectivity index is 2.06. The summed E-state index contributed by atoms with van der Waals surface area (Å²) in [6, 6.07) is 21.8. The lowest BCUT2D eigenvalue weighted by molar-refractivity contribution is 0.415. The van der Waals surface area contributed by atoms with Crippen molar-refractivity contribution in [3.63, 3.8) is 0 Å². The van der Waals surface area contributed by atoms with E-state index in [1.807, 2.05) is 60.7 Å². The minimum atomic E-state index is 0.638. The summed E-state index contributed by atoms with van der Waals surface area (Å²) in [7, 11) is 1.64. The molecule has 0 aliphatic heterocycles. The Hall–Kier alpha value is -2.99. The lowest BCUT2D eigenvalue weighted by atomic mass is 10.1. The largest absolute Gasteiger partial charge is 0.497 e. The molecule has 1 aromatic heterocycles. The third-order valence-corrected chi connectivity index (χ3v) is 3.40. The minimum absolute atomic E-state index is 0.638. The number of hydrogen-bond acceptors (Lipinski definition) is 2. The molecule has 2 aromatic carbocycles. The van der Waals surface area contributed by atoms with Crippen molar-refractivity contribution in [2.45, 2.75) is 0 Å². The molecule has 3 nitrogen and oxygen atoms in total. The molecule has 21 heavy (non-hydrogen) atoms. The van der Waals surface area contributed by atoms with Crippen molar-refractivity contribution in [2.24, 2.45) is 0 Å². The molecule has 102 valence electrons. The molecular formula is C18H14N2O. The van der Waals surface area contributed by atoms with Gasteiger partial charge in [-0.15, -0.1) is 0 Å². The van der Waals surface area contributed by atoms with Crippen LogP contribution in [0.2, 0.25) is 0 Å². The predicted octanol–water partition coefficient (Wildman–Crippen LogP) is 4.23. The average molecular weight is 274 g/mol. The third kappa shape index (κ3) is 2.52. The normalized spacial score (nSPS) is 10.1.